The Morgan fingerprint density at radius 3 is 2.32 bits per heavy atom. The molecule has 176 valence electrons. The Bertz CT molecular complexity index is 1550. The quantitative estimate of drug-likeness (QED) is 0.282. The number of fused-ring (bicyclic) bond motifs is 1. The van der Waals surface area contributed by atoms with Crippen LogP contribution in [-0.2, 0) is 16.2 Å². The highest BCUT2D eigenvalue weighted by Crippen LogP contribution is 2.42. The normalized spacial score (nSPS) is 12.2. The standard InChI is InChI=1S/C23H14Cl2F3NO4S/c1-34(31,32)29-15-4-2-3-12(9-15)13-5-7-17-19(10-13)33-22(20(17)23(26,27)28)21(30)16-8-6-14(24)11-18(16)25/h2-11,29H,1H3. The molecular weight excluding hydrogens is 514 g/mol. The summed E-state index contributed by atoms with van der Waals surface area (Å²) in [6.07, 6.45) is -3.88. The molecule has 0 aliphatic heterocycles. The number of nitrogens with one attached hydrogen (secondary N) is 1. The van der Waals surface area contributed by atoms with E-state index in [1.54, 1.807) is 12.1 Å². The molecule has 4 rings (SSSR count). The maximum atomic E-state index is 14.0. The van der Waals surface area contributed by atoms with Crippen molar-refractivity contribution >= 4 is 55.7 Å². The van der Waals surface area contributed by atoms with Crippen molar-refractivity contribution in [3.05, 3.63) is 87.6 Å². The van der Waals surface area contributed by atoms with Crippen LogP contribution in [0.5, 0.6) is 0 Å². The number of hydrogen-bond acceptors (Lipinski definition) is 4. The van der Waals surface area contributed by atoms with E-state index in [2.05, 4.69) is 4.72 Å². The minimum Gasteiger partial charge on any atom is -0.452 e. The summed E-state index contributed by atoms with van der Waals surface area (Å²) >= 11 is 11.8. The van der Waals surface area contributed by atoms with Gasteiger partial charge in [0.1, 0.15) is 11.1 Å². The minimum absolute atomic E-state index is 0.109. The molecule has 0 amide bonds. The zero-order chi connectivity index (χ0) is 24.8. The fourth-order valence-corrected chi connectivity index (χ4v) is 4.54. The van der Waals surface area contributed by atoms with Gasteiger partial charge in [-0.15, -0.1) is 0 Å². The first-order chi connectivity index (χ1) is 15.8. The van der Waals surface area contributed by atoms with E-state index in [1.807, 2.05) is 0 Å². The molecule has 1 aromatic heterocycles. The molecule has 0 radical (unpaired) electrons. The number of carbonyl (C=O) groups is 1. The van der Waals surface area contributed by atoms with Crippen LogP contribution in [0.25, 0.3) is 22.1 Å². The molecule has 1 heterocycles. The molecule has 0 spiro atoms. The van der Waals surface area contributed by atoms with Crippen molar-refractivity contribution in [3.63, 3.8) is 0 Å². The van der Waals surface area contributed by atoms with Crippen LogP contribution in [0.1, 0.15) is 21.7 Å². The van der Waals surface area contributed by atoms with Crippen LogP contribution in [0.2, 0.25) is 10.0 Å². The summed E-state index contributed by atoms with van der Waals surface area (Å²) in [5.41, 5.74) is -0.304. The number of furan rings is 1. The highest BCUT2D eigenvalue weighted by Gasteiger charge is 2.41. The molecule has 4 aromatic rings. The molecule has 0 fully saturated rings. The number of benzene rings is 3. The average molecular weight is 528 g/mol. The summed E-state index contributed by atoms with van der Waals surface area (Å²) < 4.78 is 72.6. The van der Waals surface area contributed by atoms with Gasteiger partial charge in [0.25, 0.3) is 0 Å². The molecule has 5 nitrogen and oxygen atoms in total. The van der Waals surface area contributed by atoms with Crippen molar-refractivity contribution in [1.29, 1.82) is 0 Å². The second kappa shape index (κ2) is 8.65. The number of halogens is 5. The fourth-order valence-electron chi connectivity index (χ4n) is 3.49. The summed E-state index contributed by atoms with van der Waals surface area (Å²) in [6, 6.07) is 14.1. The number of carbonyl (C=O) groups excluding carboxylic acids is 1. The molecular formula is C23H14Cl2F3NO4S. The maximum Gasteiger partial charge on any atom is 0.420 e. The lowest BCUT2D eigenvalue weighted by Crippen LogP contribution is -2.12. The average Bonchev–Trinajstić information content (AvgIpc) is 3.11. The van der Waals surface area contributed by atoms with Crippen LogP contribution in [0.4, 0.5) is 18.9 Å². The maximum absolute atomic E-state index is 14.0. The Labute approximate surface area is 202 Å². The molecule has 0 aliphatic rings. The Kier molecular flexibility index (Phi) is 6.14. The third kappa shape index (κ3) is 4.91. The molecule has 0 aliphatic carbocycles. The molecule has 3 aromatic carbocycles. The van der Waals surface area contributed by atoms with Crippen molar-refractivity contribution < 1.29 is 30.8 Å². The van der Waals surface area contributed by atoms with Gasteiger partial charge in [0.2, 0.25) is 15.8 Å². The van der Waals surface area contributed by atoms with Crippen molar-refractivity contribution in [3.8, 4) is 11.1 Å². The van der Waals surface area contributed by atoms with Crippen LogP contribution in [0, 0.1) is 0 Å². The monoisotopic (exact) mass is 527 g/mol. The molecule has 0 saturated carbocycles. The molecule has 1 N–H and O–H groups in total. The number of alkyl halides is 3. The van der Waals surface area contributed by atoms with Gasteiger partial charge >= 0.3 is 6.18 Å². The first kappa shape index (κ1) is 24.1. The topological polar surface area (TPSA) is 76.4 Å². The Morgan fingerprint density at radius 2 is 1.68 bits per heavy atom. The zero-order valence-corrected chi connectivity index (χ0v) is 19.5. The van der Waals surface area contributed by atoms with Crippen LogP contribution < -0.4 is 4.72 Å². The Hall–Kier alpha value is -3.01. The molecule has 11 heteroatoms. The van der Waals surface area contributed by atoms with E-state index in [9.17, 15) is 26.4 Å². The van der Waals surface area contributed by atoms with Crippen LogP contribution in [-0.4, -0.2) is 20.5 Å². The predicted molar refractivity (Wildman–Crippen MR) is 125 cm³/mol. The lowest BCUT2D eigenvalue weighted by molar-refractivity contribution is -0.137. The van der Waals surface area contributed by atoms with E-state index in [-0.39, 0.29) is 32.3 Å². The van der Waals surface area contributed by atoms with E-state index < -0.39 is 33.3 Å². The molecule has 0 saturated heterocycles. The van der Waals surface area contributed by atoms with Gasteiger partial charge in [0.05, 0.1) is 11.3 Å². The van der Waals surface area contributed by atoms with E-state index in [0.717, 1.165) is 6.26 Å². The largest absolute Gasteiger partial charge is 0.452 e. The third-order valence-corrected chi connectivity index (χ3v) is 6.01. The number of ketones is 1. The third-order valence-electron chi connectivity index (χ3n) is 4.85. The summed E-state index contributed by atoms with van der Waals surface area (Å²) in [4.78, 5) is 13.0. The van der Waals surface area contributed by atoms with E-state index in [1.165, 1.54) is 48.5 Å². The smallest absolute Gasteiger partial charge is 0.420 e. The van der Waals surface area contributed by atoms with Crippen molar-refractivity contribution in [2.45, 2.75) is 6.18 Å². The lowest BCUT2D eigenvalue weighted by atomic mass is 10.0. The fraction of sp³-hybridized carbons (Fsp3) is 0.0870. The SMILES string of the molecule is CS(=O)(=O)Nc1cccc(-c2ccc3c(C(F)(F)F)c(C(=O)c4ccc(Cl)cc4Cl)oc3c2)c1. The van der Waals surface area contributed by atoms with Gasteiger partial charge < -0.3 is 4.42 Å². The zero-order valence-electron chi connectivity index (χ0n) is 17.2. The number of anilines is 1. The summed E-state index contributed by atoms with van der Waals surface area (Å²) in [5.74, 6) is -1.93. The highest BCUT2D eigenvalue weighted by atomic mass is 35.5. The van der Waals surface area contributed by atoms with Gasteiger partial charge in [0.15, 0.2) is 5.76 Å². The van der Waals surface area contributed by atoms with Crippen LogP contribution in [0.3, 0.4) is 0 Å². The molecule has 0 atom stereocenters. The second-order valence-corrected chi connectivity index (χ2v) is 10.0. The Balaban J connectivity index is 1.85. The lowest BCUT2D eigenvalue weighted by Gasteiger charge is -2.08. The van der Waals surface area contributed by atoms with Gasteiger partial charge in [0, 0.05) is 21.7 Å². The van der Waals surface area contributed by atoms with Crippen molar-refractivity contribution in [2.24, 2.45) is 0 Å². The van der Waals surface area contributed by atoms with E-state index in [4.69, 9.17) is 27.6 Å². The van der Waals surface area contributed by atoms with Gasteiger partial charge in [-0.2, -0.15) is 13.2 Å². The van der Waals surface area contributed by atoms with Crippen molar-refractivity contribution in [1.82, 2.24) is 0 Å². The van der Waals surface area contributed by atoms with Crippen LogP contribution in [0.15, 0.2) is 65.1 Å². The predicted octanol–water partition coefficient (Wildman–Crippen LogP) is 7.03. The Morgan fingerprint density at radius 1 is 0.971 bits per heavy atom. The van der Waals surface area contributed by atoms with E-state index in [0.29, 0.717) is 11.1 Å². The molecule has 0 unspecified atom stereocenters. The first-order valence-corrected chi connectivity index (χ1v) is 12.2. The van der Waals surface area contributed by atoms with Crippen molar-refractivity contribution in [2.75, 3.05) is 11.0 Å². The minimum atomic E-state index is -4.88. The van der Waals surface area contributed by atoms with Gasteiger partial charge in [-0.3, -0.25) is 9.52 Å². The second-order valence-electron chi connectivity index (χ2n) is 7.42. The summed E-state index contributed by atoms with van der Waals surface area (Å²) in [5, 5.41) is -0.184. The molecule has 34 heavy (non-hydrogen) atoms. The summed E-state index contributed by atoms with van der Waals surface area (Å²) in [7, 11) is -3.52. The number of rotatable bonds is 5. The molecule has 0 bridgehead atoms. The van der Waals surface area contributed by atoms with Gasteiger partial charge in [-0.1, -0.05) is 41.4 Å². The highest BCUT2D eigenvalue weighted by molar-refractivity contribution is 7.92. The number of sulfonamides is 1. The number of hydrogen-bond donors (Lipinski definition) is 1. The first-order valence-electron chi connectivity index (χ1n) is 9.55. The van der Waals surface area contributed by atoms with Crippen LogP contribution >= 0.6 is 23.2 Å². The van der Waals surface area contributed by atoms with E-state index >= 15 is 0 Å². The summed E-state index contributed by atoms with van der Waals surface area (Å²) in [6.45, 7) is 0. The van der Waals surface area contributed by atoms with Gasteiger partial charge in [-0.05, 0) is 53.6 Å². The van der Waals surface area contributed by atoms with Gasteiger partial charge in [-0.25, -0.2) is 8.42 Å².